The molecule has 0 N–H and O–H groups in total. The molecule has 0 atom stereocenters. The molecule has 0 saturated heterocycles. The molecule has 0 bridgehead atoms. The maximum absolute atomic E-state index is 12.6. The first-order valence-electron chi connectivity index (χ1n) is 7.53. The predicted molar refractivity (Wildman–Crippen MR) is 85.4 cm³/mol. The lowest BCUT2D eigenvalue weighted by atomic mass is 10.1. The fraction of sp³-hybridized carbons (Fsp3) is 0.235. The summed E-state index contributed by atoms with van der Waals surface area (Å²) in [6.07, 6.45) is -4.37. The minimum Gasteiger partial charge on any atom is -0.340 e. The van der Waals surface area contributed by atoms with Crippen molar-refractivity contribution in [2.75, 3.05) is 7.05 Å². The smallest absolute Gasteiger partial charge is 0.340 e. The van der Waals surface area contributed by atoms with E-state index in [9.17, 15) is 18.0 Å². The summed E-state index contributed by atoms with van der Waals surface area (Å²) >= 11 is 0. The SMILES string of the molecule is CN(Cc1ccc(C(F)(F)F)cc1)C(=O)Cn1nnc2ccccc21. The molecule has 0 saturated carbocycles. The highest BCUT2D eigenvalue weighted by molar-refractivity contribution is 5.79. The first-order chi connectivity index (χ1) is 11.8. The maximum atomic E-state index is 12.6. The molecule has 0 radical (unpaired) electrons. The van der Waals surface area contributed by atoms with Gasteiger partial charge in [0.2, 0.25) is 5.91 Å². The Kier molecular flexibility index (Phi) is 4.43. The van der Waals surface area contributed by atoms with Crippen molar-refractivity contribution in [3.8, 4) is 0 Å². The second-order valence-corrected chi connectivity index (χ2v) is 5.68. The molecule has 0 unspecified atom stereocenters. The number of aromatic nitrogens is 3. The van der Waals surface area contributed by atoms with Crippen molar-refractivity contribution < 1.29 is 18.0 Å². The van der Waals surface area contributed by atoms with E-state index < -0.39 is 11.7 Å². The molecule has 0 aliphatic rings. The first kappa shape index (κ1) is 16.9. The van der Waals surface area contributed by atoms with Crippen molar-refractivity contribution in [2.24, 2.45) is 0 Å². The van der Waals surface area contributed by atoms with Crippen molar-refractivity contribution in [3.05, 3.63) is 59.7 Å². The number of hydrogen-bond acceptors (Lipinski definition) is 3. The Morgan fingerprint density at radius 2 is 1.80 bits per heavy atom. The van der Waals surface area contributed by atoms with Gasteiger partial charge in [-0.25, -0.2) is 4.68 Å². The van der Waals surface area contributed by atoms with Gasteiger partial charge < -0.3 is 4.90 Å². The lowest BCUT2D eigenvalue weighted by Crippen LogP contribution is -2.30. The average Bonchev–Trinajstić information content (AvgIpc) is 2.97. The lowest BCUT2D eigenvalue weighted by molar-refractivity contribution is -0.137. The van der Waals surface area contributed by atoms with E-state index in [1.54, 1.807) is 13.1 Å². The second-order valence-electron chi connectivity index (χ2n) is 5.68. The zero-order valence-corrected chi connectivity index (χ0v) is 13.4. The summed E-state index contributed by atoms with van der Waals surface area (Å²) < 4.78 is 39.2. The number of carbonyl (C=O) groups excluding carboxylic acids is 1. The van der Waals surface area contributed by atoms with Gasteiger partial charge >= 0.3 is 6.18 Å². The van der Waals surface area contributed by atoms with Crippen LogP contribution in [0.5, 0.6) is 0 Å². The quantitative estimate of drug-likeness (QED) is 0.728. The normalized spacial score (nSPS) is 11.7. The Morgan fingerprint density at radius 3 is 2.48 bits per heavy atom. The van der Waals surface area contributed by atoms with Crippen LogP contribution in [0.1, 0.15) is 11.1 Å². The summed E-state index contributed by atoms with van der Waals surface area (Å²) in [5.41, 5.74) is 1.35. The van der Waals surface area contributed by atoms with Crippen molar-refractivity contribution in [3.63, 3.8) is 0 Å². The van der Waals surface area contributed by atoms with Gasteiger partial charge in [0, 0.05) is 13.6 Å². The molecule has 0 fully saturated rings. The minimum absolute atomic E-state index is 0.0116. The molecule has 3 aromatic rings. The van der Waals surface area contributed by atoms with Gasteiger partial charge in [-0.15, -0.1) is 5.10 Å². The highest BCUT2D eigenvalue weighted by Gasteiger charge is 2.30. The number of hydrogen-bond donors (Lipinski definition) is 0. The Hall–Kier alpha value is -2.90. The molecule has 25 heavy (non-hydrogen) atoms. The van der Waals surface area contributed by atoms with Gasteiger partial charge in [-0.1, -0.05) is 29.5 Å². The lowest BCUT2D eigenvalue weighted by Gasteiger charge is -2.17. The third kappa shape index (κ3) is 3.78. The predicted octanol–water partition coefficient (Wildman–Crippen LogP) is 3.11. The van der Waals surface area contributed by atoms with Crippen LogP contribution in [0, 0.1) is 0 Å². The maximum Gasteiger partial charge on any atom is 0.416 e. The Labute approximate surface area is 141 Å². The van der Waals surface area contributed by atoms with Crippen LogP contribution in [0.25, 0.3) is 11.0 Å². The fourth-order valence-corrected chi connectivity index (χ4v) is 2.44. The number of alkyl halides is 3. The van der Waals surface area contributed by atoms with E-state index in [1.165, 1.54) is 21.7 Å². The van der Waals surface area contributed by atoms with E-state index >= 15 is 0 Å². The molecule has 8 heteroatoms. The zero-order chi connectivity index (χ0) is 18.0. The van der Waals surface area contributed by atoms with Gasteiger partial charge in [-0.3, -0.25) is 4.79 Å². The number of para-hydroxylation sites is 1. The number of carbonyl (C=O) groups is 1. The fourth-order valence-electron chi connectivity index (χ4n) is 2.44. The topological polar surface area (TPSA) is 51.0 Å². The largest absolute Gasteiger partial charge is 0.416 e. The molecule has 1 amide bonds. The van der Waals surface area contributed by atoms with E-state index in [0.717, 1.165) is 17.6 Å². The number of halogens is 3. The first-order valence-corrected chi connectivity index (χ1v) is 7.53. The van der Waals surface area contributed by atoms with E-state index in [-0.39, 0.29) is 19.0 Å². The van der Waals surface area contributed by atoms with Crippen molar-refractivity contribution in [2.45, 2.75) is 19.3 Å². The third-order valence-corrected chi connectivity index (χ3v) is 3.83. The van der Waals surface area contributed by atoms with Gasteiger partial charge in [0.15, 0.2) is 0 Å². The Morgan fingerprint density at radius 1 is 1.12 bits per heavy atom. The third-order valence-electron chi connectivity index (χ3n) is 3.83. The molecule has 2 aromatic carbocycles. The average molecular weight is 348 g/mol. The number of nitrogens with zero attached hydrogens (tertiary/aromatic N) is 4. The van der Waals surface area contributed by atoms with Gasteiger partial charge in [0.1, 0.15) is 12.1 Å². The molecule has 0 aliphatic heterocycles. The van der Waals surface area contributed by atoms with Crippen LogP contribution in [0.2, 0.25) is 0 Å². The van der Waals surface area contributed by atoms with Gasteiger partial charge in [-0.2, -0.15) is 13.2 Å². The Balaban J connectivity index is 1.66. The summed E-state index contributed by atoms with van der Waals surface area (Å²) in [6.45, 7) is 0.223. The number of likely N-dealkylation sites (N-methyl/N-ethyl adjacent to an activating group) is 1. The van der Waals surface area contributed by atoms with E-state index in [1.807, 2.05) is 18.2 Å². The summed E-state index contributed by atoms with van der Waals surface area (Å²) in [5, 5.41) is 7.94. The summed E-state index contributed by atoms with van der Waals surface area (Å²) in [6, 6.07) is 12.1. The molecular formula is C17H15F3N4O. The molecule has 0 spiro atoms. The molecular weight excluding hydrogens is 333 g/mol. The van der Waals surface area contributed by atoms with Crippen molar-refractivity contribution >= 4 is 16.9 Å². The van der Waals surface area contributed by atoms with Gasteiger partial charge in [-0.05, 0) is 29.8 Å². The van der Waals surface area contributed by atoms with E-state index in [2.05, 4.69) is 10.3 Å². The van der Waals surface area contributed by atoms with E-state index in [0.29, 0.717) is 11.1 Å². The molecule has 0 aliphatic carbocycles. The highest BCUT2D eigenvalue weighted by atomic mass is 19.4. The summed E-state index contributed by atoms with van der Waals surface area (Å²) in [5.74, 6) is -0.212. The van der Waals surface area contributed by atoms with Crippen LogP contribution < -0.4 is 0 Å². The van der Waals surface area contributed by atoms with Crippen LogP contribution in [-0.2, 0) is 24.1 Å². The molecule has 130 valence electrons. The van der Waals surface area contributed by atoms with Crippen LogP contribution >= 0.6 is 0 Å². The van der Waals surface area contributed by atoms with Crippen LogP contribution in [0.3, 0.4) is 0 Å². The minimum atomic E-state index is -4.37. The summed E-state index contributed by atoms with van der Waals surface area (Å²) in [7, 11) is 1.60. The van der Waals surface area contributed by atoms with Crippen LogP contribution in [0.15, 0.2) is 48.5 Å². The number of rotatable bonds is 4. The standard InChI is InChI=1S/C17H15F3N4O/c1-23(10-12-6-8-13(9-7-12)17(18,19)20)16(25)11-24-15-5-3-2-4-14(15)21-22-24/h2-9H,10-11H2,1H3. The number of fused-ring (bicyclic) bond motifs is 1. The van der Waals surface area contributed by atoms with Gasteiger partial charge in [0.25, 0.3) is 0 Å². The monoisotopic (exact) mass is 348 g/mol. The van der Waals surface area contributed by atoms with Crippen molar-refractivity contribution in [1.82, 2.24) is 19.9 Å². The second kappa shape index (κ2) is 6.54. The molecule has 5 nitrogen and oxygen atoms in total. The molecule has 1 aromatic heterocycles. The zero-order valence-electron chi connectivity index (χ0n) is 13.4. The van der Waals surface area contributed by atoms with E-state index in [4.69, 9.17) is 0 Å². The molecule has 3 rings (SSSR count). The number of benzene rings is 2. The van der Waals surface area contributed by atoms with Crippen LogP contribution in [-0.4, -0.2) is 32.8 Å². The highest BCUT2D eigenvalue weighted by Crippen LogP contribution is 2.29. The summed E-state index contributed by atoms with van der Waals surface area (Å²) in [4.78, 5) is 13.8. The molecule has 1 heterocycles. The van der Waals surface area contributed by atoms with Crippen LogP contribution in [0.4, 0.5) is 13.2 Å². The Bertz CT molecular complexity index is 887. The number of amides is 1. The van der Waals surface area contributed by atoms with Gasteiger partial charge in [0.05, 0.1) is 11.1 Å². The van der Waals surface area contributed by atoms with Crippen molar-refractivity contribution in [1.29, 1.82) is 0 Å².